The molecule has 0 atom stereocenters. The zero-order chi connectivity index (χ0) is 22.4. The number of hydrogen-bond donors (Lipinski definition) is 3. The first-order chi connectivity index (χ1) is 14.9. The molecule has 0 fully saturated rings. The van der Waals surface area contributed by atoms with E-state index >= 15 is 0 Å². The highest BCUT2D eigenvalue weighted by Gasteiger charge is 2.12. The molecule has 0 aliphatic rings. The molecule has 0 heterocycles. The number of ether oxygens (including phenoxy) is 1. The molecule has 0 saturated heterocycles. The lowest BCUT2D eigenvalue weighted by molar-refractivity contribution is -0.114. The molecule has 6 nitrogen and oxygen atoms in total. The van der Waals surface area contributed by atoms with Crippen LogP contribution in [0.3, 0.4) is 0 Å². The van der Waals surface area contributed by atoms with Gasteiger partial charge in [-0.25, -0.2) is 0 Å². The Morgan fingerprint density at radius 2 is 1.65 bits per heavy atom. The lowest BCUT2D eigenvalue weighted by Gasteiger charge is -2.14. The largest absolute Gasteiger partial charge is 0.495 e. The Hall–Kier alpha value is -3.51. The number of hydrogen-bond acceptors (Lipinski definition) is 4. The predicted octanol–water partition coefficient (Wildman–Crippen LogP) is 5.27. The molecule has 2 amide bonds. The van der Waals surface area contributed by atoms with E-state index in [-0.39, 0.29) is 18.4 Å². The van der Waals surface area contributed by atoms with Crippen LogP contribution in [-0.2, 0) is 4.79 Å². The van der Waals surface area contributed by atoms with Crippen molar-refractivity contribution in [3.05, 3.63) is 82.4 Å². The van der Waals surface area contributed by atoms with E-state index in [1.807, 2.05) is 44.2 Å². The summed E-state index contributed by atoms with van der Waals surface area (Å²) >= 11 is 6.11. The van der Waals surface area contributed by atoms with Crippen LogP contribution in [0.2, 0.25) is 5.02 Å². The maximum absolute atomic E-state index is 12.5. The summed E-state index contributed by atoms with van der Waals surface area (Å²) in [6.07, 6.45) is 0. The lowest BCUT2D eigenvalue weighted by atomic mass is 10.1. The molecular weight excluding hydrogens is 414 g/mol. The second kappa shape index (κ2) is 10.00. The van der Waals surface area contributed by atoms with Crippen LogP contribution in [0.1, 0.15) is 21.5 Å². The average Bonchev–Trinajstić information content (AvgIpc) is 2.77. The van der Waals surface area contributed by atoms with Gasteiger partial charge in [0.15, 0.2) is 0 Å². The molecule has 0 unspecified atom stereocenters. The van der Waals surface area contributed by atoms with E-state index in [1.54, 1.807) is 30.3 Å². The third-order valence-electron chi connectivity index (χ3n) is 4.73. The minimum absolute atomic E-state index is 0.0434. The molecule has 3 N–H and O–H groups in total. The van der Waals surface area contributed by atoms with E-state index in [1.165, 1.54) is 7.11 Å². The van der Waals surface area contributed by atoms with Crippen LogP contribution in [0.4, 0.5) is 17.1 Å². The molecule has 3 aromatic carbocycles. The Kier molecular flexibility index (Phi) is 7.15. The molecule has 0 aromatic heterocycles. The first-order valence-corrected chi connectivity index (χ1v) is 10.1. The third-order valence-corrected chi connectivity index (χ3v) is 5.13. The van der Waals surface area contributed by atoms with Gasteiger partial charge < -0.3 is 20.7 Å². The minimum Gasteiger partial charge on any atom is -0.495 e. The topological polar surface area (TPSA) is 79.5 Å². The summed E-state index contributed by atoms with van der Waals surface area (Å²) in [5.41, 5.74) is 4.30. The zero-order valence-electron chi connectivity index (χ0n) is 17.6. The number of benzene rings is 3. The molecule has 3 aromatic rings. The number of amides is 2. The normalized spacial score (nSPS) is 10.3. The van der Waals surface area contributed by atoms with Crippen molar-refractivity contribution in [1.29, 1.82) is 0 Å². The van der Waals surface area contributed by atoms with E-state index < -0.39 is 0 Å². The monoisotopic (exact) mass is 437 g/mol. The second-order valence-corrected chi connectivity index (χ2v) is 7.46. The highest BCUT2D eigenvalue weighted by molar-refractivity contribution is 6.31. The molecule has 7 heteroatoms. The van der Waals surface area contributed by atoms with Gasteiger partial charge in [0, 0.05) is 28.0 Å². The molecule has 0 spiro atoms. The van der Waals surface area contributed by atoms with Gasteiger partial charge >= 0.3 is 0 Å². The number of aryl methyl sites for hydroxylation is 2. The van der Waals surface area contributed by atoms with Crippen LogP contribution in [-0.4, -0.2) is 25.5 Å². The first kappa shape index (κ1) is 22.2. The maximum atomic E-state index is 12.5. The van der Waals surface area contributed by atoms with E-state index in [0.29, 0.717) is 27.7 Å². The number of rotatable bonds is 7. The first-order valence-electron chi connectivity index (χ1n) is 9.72. The predicted molar refractivity (Wildman–Crippen MR) is 125 cm³/mol. The number of halogens is 1. The summed E-state index contributed by atoms with van der Waals surface area (Å²) in [4.78, 5) is 24.9. The molecule has 0 aliphatic carbocycles. The fourth-order valence-corrected chi connectivity index (χ4v) is 3.14. The van der Waals surface area contributed by atoms with Crippen molar-refractivity contribution < 1.29 is 14.3 Å². The Bertz CT molecular complexity index is 1100. The molecule has 0 saturated carbocycles. The maximum Gasteiger partial charge on any atom is 0.255 e. The van der Waals surface area contributed by atoms with Gasteiger partial charge in [-0.3, -0.25) is 9.59 Å². The number of anilines is 3. The Morgan fingerprint density at radius 3 is 2.35 bits per heavy atom. The highest BCUT2D eigenvalue weighted by atomic mass is 35.5. The summed E-state index contributed by atoms with van der Waals surface area (Å²) in [6, 6.07) is 17.9. The number of carbonyl (C=O) groups is 2. The molecule has 0 aliphatic heterocycles. The van der Waals surface area contributed by atoms with Crippen LogP contribution >= 0.6 is 11.6 Å². The van der Waals surface area contributed by atoms with E-state index in [4.69, 9.17) is 16.3 Å². The zero-order valence-corrected chi connectivity index (χ0v) is 18.3. The summed E-state index contributed by atoms with van der Waals surface area (Å²) in [7, 11) is 1.52. The molecular formula is C24H24ClN3O3. The van der Waals surface area contributed by atoms with Gasteiger partial charge in [-0.2, -0.15) is 0 Å². The summed E-state index contributed by atoms with van der Waals surface area (Å²) in [5, 5.41) is 9.39. The number of nitrogens with one attached hydrogen (secondary N) is 3. The van der Waals surface area contributed by atoms with Crippen molar-refractivity contribution in [2.24, 2.45) is 0 Å². The van der Waals surface area contributed by atoms with Crippen molar-refractivity contribution >= 4 is 40.5 Å². The average molecular weight is 438 g/mol. The van der Waals surface area contributed by atoms with Crippen molar-refractivity contribution in [1.82, 2.24) is 0 Å². The Morgan fingerprint density at radius 1 is 0.903 bits per heavy atom. The number of methoxy groups -OCH3 is 1. The fraction of sp³-hybridized carbons (Fsp3) is 0.167. The van der Waals surface area contributed by atoms with Crippen molar-refractivity contribution in [3.8, 4) is 5.75 Å². The van der Waals surface area contributed by atoms with Crippen molar-refractivity contribution in [3.63, 3.8) is 0 Å². The van der Waals surface area contributed by atoms with Crippen LogP contribution in [0.15, 0.2) is 60.7 Å². The van der Waals surface area contributed by atoms with Gasteiger partial charge in [0.25, 0.3) is 5.91 Å². The van der Waals surface area contributed by atoms with E-state index in [9.17, 15) is 9.59 Å². The van der Waals surface area contributed by atoms with Crippen LogP contribution in [0.5, 0.6) is 5.75 Å². The lowest BCUT2D eigenvalue weighted by Crippen LogP contribution is -2.22. The van der Waals surface area contributed by atoms with Gasteiger partial charge in [-0.1, -0.05) is 35.9 Å². The van der Waals surface area contributed by atoms with Gasteiger partial charge in [0.05, 0.1) is 19.3 Å². The molecule has 0 radical (unpaired) electrons. The molecule has 3 rings (SSSR count). The van der Waals surface area contributed by atoms with Gasteiger partial charge in [-0.15, -0.1) is 0 Å². The summed E-state index contributed by atoms with van der Waals surface area (Å²) in [5.74, 6) is 0.0576. The molecule has 160 valence electrons. The van der Waals surface area contributed by atoms with Gasteiger partial charge in [0.1, 0.15) is 5.75 Å². The molecule has 31 heavy (non-hydrogen) atoms. The Balaban J connectivity index is 1.65. The third kappa shape index (κ3) is 5.77. The van der Waals surface area contributed by atoms with Gasteiger partial charge in [-0.05, 0) is 55.3 Å². The summed E-state index contributed by atoms with van der Waals surface area (Å²) < 4.78 is 5.29. The van der Waals surface area contributed by atoms with Gasteiger partial charge in [0.2, 0.25) is 5.91 Å². The van der Waals surface area contributed by atoms with Crippen LogP contribution in [0, 0.1) is 13.8 Å². The van der Waals surface area contributed by atoms with Crippen LogP contribution in [0.25, 0.3) is 0 Å². The van der Waals surface area contributed by atoms with E-state index in [2.05, 4.69) is 16.0 Å². The van der Waals surface area contributed by atoms with Crippen LogP contribution < -0.4 is 20.7 Å². The summed E-state index contributed by atoms with van der Waals surface area (Å²) in [6.45, 7) is 3.82. The second-order valence-electron chi connectivity index (χ2n) is 7.05. The highest BCUT2D eigenvalue weighted by Crippen LogP contribution is 2.31. The fourth-order valence-electron chi connectivity index (χ4n) is 2.98. The Labute approximate surface area is 186 Å². The standard InChI is InChI=1S/C24H24ClN3O3/c1-15-9-10-18(27-24(30)17-7-5-4-6-8-17)12-20(15)26-14-23(29)28-21-11-16(2)19(25)13-22(21)31-3/h4-13,26H,14H2,1-3H3,(H,27,30)(H,28,29). The van der Waals surface area contributed by atoms with Crippen molar-refractivity contribution in [2.45, 2.75) is 13.8 Å². The number of carbonyl (C=O) groups excluding carboxylic acids is 2. The SMILES string of the molecule is COc1cc(Cl)c(C)cc1NC(=O)CNc1cc(NC(=O)c2ccccc2)ccc1C. The molecule has 0 bridgehead atoms. The van der Waals surface area contributed by atoms with E-state index in [0.717, 1.165) is 16.8 Å². The van der Waals surface area contributed by atoms with Crippen molar-refractivity contribution in [2.75, 3.05) is 29.6 Å². The smallest absolute Gasteiger partial charge is 0.255 e. The quantitative estimate of drug-likeness (QED) is 0.470. The minimum atomic E-state index is -0.238.